The minimum absolute atomic E-state index is 0.0267. The minimum Gasteiger partial charge on any atom is -0.494 e. The number of methoxy groups -OCH3 is 1. The van der Waals surface area contributed by atoms with E-state index < -0.39 is 6.04 Å². The third-order valence-electron chi connectivity index (χ3n) is 6.58. The molecule has 0 radical (unpaired) electrons. The van der Waals surface area contributed by atoms with Crippen molar-refractivity contribution in [3.63, 3.8) is 0 Å². The highest BCUT2D eigenvalue weighted by Crippen LogP contribution is 2.33. The molecule has 1 amide bonds. The number of hydrogen-bond donors (Lipinski definition) is 0. The third-order valence-corrected chi connectivity index (χ3v) is 6.58. The molecule has 0 fully saturated rings. The number of carbonyl (C=O) groups excluding carboxylic acids is 1. The Morgan fingerprint density at radius 2 is 2.00 bits per heavy atom. The van der Waals surface area contributed by atoms with Crippen molar-refractivity contribution in [1.82, 2.24) is 29.2 Å². The van der Waals surface area contributed by atoms with Crippen LogP contribution in [0.3, 0.4) is 0 Å². The molecule has 0 saturated heterocycles. The van der Waals surface area contributed by atoms with Crippen molar-refractivity contribution in [2.24, 2.45) is 7.05 Å². The Morgan fingerprint density at radius 3 is 2.74 bits per heavy atom. The van der Waals surface area contributed by atoms with Gasteiger partial charge in [-0.05, 0) is 49.2 Å². The van der Waals surface area contributed by atoms with Gasteiger partial charge in [-0.25, -0.2) is 14.6 Å². The van der Waals surface area contributed by atoms with Crippen molar-refractivity contribution >= 4 is 16.8 Å². The van der Waals surface area contributed by atoms with E-state index >= 15 is 0 Å². The fourth-order valence-electron chi connectivity index (χ4n) is 4.69. The molecule has 9 nitrogen and oxygen atoms in total. The Hall–Kier alpha value is -4.01. The fraction of sp³-hybridized carbons (Fsp3) is 0.320. The average Bonchev–Trinajstić information content (AvgIpc) is 3.39. The molecule has 4 aromatic rings. The van der Waals surface area contributed by atoms with Crippen molar-refractivity contribution in [1.29, 1.82) is 0 Å². The van der Waals surface area contributed by atoms with Crippen molar-refractivity contribution in [3.05, 3.63) is 70.3 Å². The quantitative estimate of drug-likeness (QED) is 0.467. The Labute approximate surface area is 196 Å². The number of aryl methyl sites for hydroxylation is 1. The second kappa shape index (κ2) is 8.40. The van der Waals surface area contributed by atoms with Crippen LogP contribution in [-0.2, 0) is 24.8 Å². The number of aromatic nitrogens is 5. The van der Waals surface area contributed by atoms with E-state index in [9.17, 15) is 9.59 Å². The SMILES string of the molecule is COc1ccc(-c2cc3c(n(C)c2=O)CCN(C(=O)C(C)n2cncn2)C3)c2ccc(C)nc12. The monoisotopic (exact) mass is 458 g/mol. The molecule has 174 valence electrons. The van der Waals surface area contributed by atoms with E-state index in [2.05, 4.69) is 15.1 Å². The molecular weight excluding hydrogens is 432 g/mol. The molecule has 0 bridgehead atoms. The lowest BCUT2D eigenvalue weighted by molar-refractivity contribution is -0.135. The molecule has 0 N–H and O–H groups in total. The maximum Gasteiger partial charge on any atom is 0.258 e. The van der Waals surface area contributed by atoms with E-state index in [0.717, 1.165) is 33.4 Å². The minimum atomic E-state index is -0.448. The molecule has 0 aliphatic carbocycles. The second-order valence-electron chi connectivity index (χ2n) is 8.62. The van der Waals surface area contributed by atoms with E-state index in [4.69, 9.17) is 4.74 Å². The molecule has 4 heterocycles. The lowest BCUT2D eigenvalue weighted by atomic mass is 9.96. The van der Waals surface area contributed by atoms with Gasteiger partial charge in [0.1, 0.15) is 30.0 Å². The van der Waals surface area contributed by atoms with E-state index in [-0.39, 0.29) is 11.5 Å². The van der Waals surface area contributed by atoms with Crippen LogP contribution in [0.25, 0.3) is 22.0 Å². The van der Waals surface area contributed by atoms with E-state index in [0.29, 0.717) is 30.8 Å². The van der Waals surface area contributed by atoms with Gasteiger partial charge in [0.05, 0.1) is 7.11 Å². The first-order chi connectivity index (χ1) is 16.4. The summed E-state index contributed by atoms with van der Waals surface area (Å²) in [6.45, 7) is 4.72. The molecule has 1 aliphatic rings. The third kappa shape index (κ3) is 3.53. The number of nitrogens with zero attached hydrogens (tertiary/aromatic N) is 6. The molecule has 1 aromatic carbocycles. The predicted octanol–water partition coefficient (Wildman–Crippen LogP) is 2.65. The average molecular weight is 459 g/mol. The van der Waals surface area contributed by atoms with Crippen molar-refractivity contribution in [2.75, 3.05) is 13.7 Å². The topological polar surface area (TPSA) is 95.1 Å². The summed E-state index contributed by atoms with van der Waals surface area (Å²) in [5, 5.41) is 4.95. The first-order valence-corrected chi connectivity index (χ1v) is 11.2. The van der Waals surface area contributed by atoms with Gasteiger partial charge in [-0.3, -0.25) is 9.59 Å². The number of rotatable bonds is 4. The molecule has 5 rings (SSSR count). The molecule has 1 unspecified atom stereocenters. The van der Waals surface area contributed by atoms with Crippen molar-refractivity contribution in [3.8, 4) is 16.9 Å². The summed E-state index contributed by atoms with van der Waals surface area (Å²) in [4.78, 5) is 36.9. The Bertz CT molecular complexity index is 1460. The second-order valence-corrected chi connectivity index (χ2v) is 8.62. The predicted molar refractivity (Wildman–Crippen MR) is 128 cm³/mol. The van der Waals surface area contributed by atoms with Crippen LogP contribution in [0.4, 0.5) is 0 Å². The Morgan fingerprint density at radius 1 is 1.18 bits per heavy atom. The number of hydrogen-bond acceptors (Lipinski definition) is 6. The number of fused-ring (bicyclic) bond motifs is 2. The maximum atomic E-state index is 13.4. The fourth-order valence-corrected chi connectivity index (χ4v) is 4.69. The molecule has 1 atom stereocenters. The zero-order valence-corrected chi connectivity index (χ0v) is 19.6. The van der Waals surface area contributed by atoms with E-state index in [1.54, 1.807) is 29.7 Å². The maximum absolute atomic E-state index is 13.4. The van der Waals surface area contributed by atoms with Gasteiger partial charge in [0.15, 0.2) is 0 Å². The lowest BCUT2D eigenvalue weighted by Gasteiger charge is -2.32. The zero-order chi connectivity index (χ0) is 24.0. The number of pyridine rings is 2. The first kappa shape index (κ1) is 21.8. The summed E-state index contributed by atoms with van der Waals surface area (Å²) < 4.78 is 8.78. The largest absolute Gasteiger partial charge is 0.494 e. The van der Waals surface area contributed by atoms with Crippen molar-refractivity contribution in [2.45, 2.75) is 32.9 Å². The zero-order valence-electron chi connectivity index (χ0n) is 19.6. The summed E-state index contributed by atoms with van der Waals surface area (Å²) in [6, 6.07) is 9.14. The number of ether oxygens (including phenoxy) is 1. The van der Waals surface area contributed by atoms with Crippen LogP contribution >= 0.6 is 0 Å². The van der Waals surface area contributed by atoms with Gasteiger partial charge < -0.3 is 14.2 Å². The van der Waals surface area contributed by atoms with Gasteiger partial charge in [0.25, 0.3) is 5.56 Å². The van der Waals surface area contributed by atoms with Crippen LogP contribution in [0, 0.1) is 6.92 Å². The normalized spacial score (nSPS) is 14.2. The Balaban J connectivity index is 1.58. The molecule has 0 saturated carbocycles. The van der Waals surface area contributed by atoms with Gasteiger partial charge in [-0.15, -0.1) is 0 Å². The van der Waals surface area contributed by atoms with Crippen LogP contribution in [0.5, 0.6) is 5.75 Å². The highest BCUT2D eigenvalue weighted by molar-refractivity contribution is 5.98. The highest BCUT2D eigenvalue weighted by atomic mass is 16.5. The van der Waals surface area contributed by atoms with E-state index in [1.807, 2.05) is 49.1 Å². The van der Waals surface area contributed by atoms with E-state index in [1.165, 1.54) is 6.33 Å². The van der Waals surface area contributed by atoms with Gasteiger partial charge in [0.2, 0.25) is 5.91 Å². The van der Waals surface area contributed by atoms with Crippen LogP contribution in [0.2, 0.25) is 0 Å². The van der Waals surface area contributed by atoms with Crippen molar-refractivity contribution < 1.29 is 9.53 Å². The standard InChI is InChI=1S/C25H26N6O3/c1-15-5-6-19-18(7-8-22(34-4)23(19)28-15)20-11-17-12-30(10-9-21(17)29(3)25(20)33)24(32)16(2)31-14-26-13-27-31/h5-8,11,13-14,16H,9-10,12H2,1-4H3. The smallest absolute Gasteiger partial charge is 0.258 e. The molecule has 9 heteroatoms. The summed E-state index contributed by atoms with van der Waals surface area (Å²) in [5.74, 6) is 0.636. The van der Waals surface area contributed by atoms with Gasteiger partial charge in [-0.2, -0.15) is 5.10 Å². The van der Waals surface area contributed by atoms with Crippen LogP contribution in [-0.4, -0.2) is 48.8 Å². The van der Waals surface area contributed by atoms with Crippen LogP contribution in [0.1, 0.15) is 29.9 Å². The number of benzene rings is 1. The number of carbonyl (C=O) groups is 1. The summed E-state index contributed by atoms with van der Waals surface area (Å²) in [7, 11) is 3.41. The lowest BCUT2D eigenvalue weighted by Crippen LogP contribution is -2.41. The summed E-state index contributed by atoms with van der Waals surface area (Å²) in [5.41, 5.74) is 4.82. The van der Waals surface area contributed by atoms with Gasteiger partial charge in [0, 0.05) is 48.9 Å². The Kier molecular flexibility index (Phi) is 5.39. The molecule has 1 aliphatic heterocycles. The highest BCUT2D eigenvalue weighted by Gasteiger charge is 2.28. The summed E-state index contributed by atoms with van der Waals surface area (Å²) in [6.07, 6.45) is 3.58. The van der Waals surface area contributed by atoms with Crippen LogP contribution in [0.15, 0.2) is 47.8 Å². The molecular formula is C25H26N6O3. The van der Waals surface area contributed by atoms with Gasteiger partial charge in [-0.1, -0.05) is 6.07 Å². The molecule has 3 aromatic heterocycles. The summed E-state index contributed by atoms with van der Waals surface area (Å²) >= 11 is 0. The molecule has 0 spiro atoms. The van der Waals surface area contributed by atoms with Crippen LogP contribution < -0.4 is 10.3 Å². The first-order valence-electron chi connectivity index (χ1n) is 11.2. The molecule has 34 heavy (non-hydrogen) atoms. The number of amides is 1. The van der Waals surface area contributed by atoms with Gasteiger partial charge >= 0.3 is 0 Å².